The first-order valence-electron chi connectivity index (χ1n) is 8.18. The Kier molecular flexibility index (Phi) is 7.20. The third-order valence-corrected chi connectivity index (χ3v) is 9.16. The van der Waals surface area contributed by atoms with E-state index in [1.165, 1.54) is 6.20 Å². The summed E-state index contributed by atoms with van der Waals surface area (Å²) in [6.07, 6.45) is 1.48. The summed E-state index contributed by atoms with van der Waals surface area (Å²) in [5.41, 5.74) is 1.78. The van der Waals surface area contributed by atoms with Crippen molar-refractivity contribution in [1.29, 1.82) is 0 Å². The molecule has 0 aliphatic heterocycles. The Hall–Kier alpha value is -1.17. The standard InChI is InChI=1S/C18H29ClN2O2Si/c1-14(16-8-10-17(19)11-9-16)12-21(22)20-15(2)13-23-24(6,7)18(3,4)5/h8-12,15H,13H2,1-7H3/b14-12+,21-20?. The van der Waals surface area contributed by atoms with Gasteiger partial charge in [0.15, 0.2) is 8.32 Å². The van der Waals surface area contributed by atoms with Crippen molar-refractivity contribution >= 4 is 25.5 Å². The lowest BCUT2D eigenvalue weighted by Gasteiger charge is -2.36. The van der Waals surface area contributed by atoms with E-state index in [2.05, 4.69) is 39.0 Å². The Morgan fingerprint density at radius 3 is 2.38 bits per heavy atom. The first-order valence-corrected chi connectivity index (χ1v) is 11.5. The lowest BCUT2D eigenvalue weighted by atomic mass is 10.1. The van der Waals surface area contributed by atoms with Crippen LogP contribution in [0.25, 0.3) is 5.57 Å². The number of halogens is 1. The molecule has 0 heterocycles. The number of rotatable bonds is 6. The summed E-state index contributed by atoms with van der Waals surface area (Å²) in [6, 6.07) is 7.18. The van der Waals surface area contributed by atoms with Gasteiger partial charge in [-0.25, -0.2) is 0 Å². The minimum Gasteiger partial charge on any atom is -0.595 e. The molecule has 1 rings (SSSR count). The molecule has 6 heteroatoms. The number of hydrogen-bond acceptors (Lipinski definition) is 3. The van der Waals surface area contributed by atoms with Gasteiger partial charge in [0.2, 0.25) is 6.20 Å². The average molecular weight is 369 g/mol. The number of azo groups is 1. The molecule has 0 spiro atoms. The van der Waals surface area contributed by atoms with Gasteiger partial charge in [-0.05, 0) is 54.8 Å². The minimum atomic E-state index is -1.82. The normalized spacial score (nSPS) is 15.5. The summed E-state index contributed by atoms with van der Waals surface area (Å²) >= 11 is 5.87. The van der Waals surface area contributed by atoms with Crippen LogP contribution in [0.5, 0.6) is 0 Å². The SMILES string of the molecule is C/C(=C\[N+]([O-])=NC(C)CO[Si](C)(C)C(C)(C)C)c1ccc(Cl)cc1. The van der Waals surface area contributed by atoms with Crippen molar-refractivity contribution in [3.05, 3.63) is 46.3 Å². The van der Waals surface area contributed by atoms with E-state index in [9.17, 15) is 5.21 Å². The van der Waals surface area contributed by atoms with Gasteiger partial charge in [-0.1, -0.05) is 49.4 Å². The van der Waals surface area contributed by atoms with Gasteiger partial charge in [0.1, 0.15) is 6.04 Å². The lowest BCUT2D eigenvalue weighted by molar-refractivity contribution is -0.461. The van der Waals surface area contributed by atoms with Crippen molar-refractivity contribution < 1.29 is 9.29 Å². The Morgan fingerprint density at radius 1 is 1.33 bits per heavy atom. The molecule has 0 aliphatic carbocycles. The van der Waals surface area contributed by atoms with Crippen molar-refractivity contribution in [2.45, 2.75) is 58.8 Å². The van der Waals surface area contributed by atoms with Gasteiger partial charge in [-0.3, -0.25) is 0 Å². The van der Waals surface area contributed by atoms with E-state index in [1.54, 1.807) is 12.1 Å². The number of benzene rings is 1. The maximum atomic E-state index is 12.0. The van der Waals surface area contributed by atoms with Gasteiger partial charge in [0.05, 0.1) is 6.61 Å². The zero-order valence-corrected chi connectivity index (χ0v) is 17.5. The average Bonchev–Trinajstić information content (AvgIpc) is 2.44. The quantitative estimate of drug-likeness (QED) is 0.264. The van der Waals surface area contributed by atoms with Crippen LogP contribution in [0.2, 0.25) is 23.2 Å². The maximum Gasteiger partial charge on any atom is 0.212 e. The molecule has 4 nitrogen and oxygen atoms in total. The van der Waals surface area contributed by atoms with Crippen LogP contribution >= 0.6 is 11.6 Å². The highest BCUT2D eigenvalue weighted by atomic mass is 35.5. The van der Waals surface area contributed by atoms with Gasteiger partial charge >= 0.3 is 0 Å². The summed E-state index contributed by atoms with van der Waals surface area (Å²) in [5.74, 6) is 0. The van der Waals surface area contributed by atoms with Crippen LogP contribution in [0.3, 0.4) is 0 Å². The van der Waals surface area contributed by atoms with Gasteiger partial charge in [0, 0.05) is 10.6 Å². The minimum absolute atomic E-state index is 0.148. The molecule has 24 heavy (non-hydrogen) atoms. The third kappa shape index (κ3) is 6.38. The second kappa shape index (κ2) is 8.27. The Labute approximate surface area is 151 Å². The molecule has 1 atom stereocenters. The van der Waals surface area contributed by atoms with E-state index < -0.39 is 8.32 Å². The molecule has 134 valence electrons. The fourth-order valence-electron chi connectivity index (χ4n) is 1.76. The molecule has 1 aromatic carbocycles. The van der Waals surface area contributed by atoms with Gasteiger partial charge in [-0.2, -0.15) is 0 Å². The van der Waals surface area contributed by atoms with Gasteiger partial charge in [-0.15, -0.1) is 0 Å². The van der Waals surface area contributed by atoms with Gasteiger partial charge in [0.25, 0.3) is 0 Å². The number of hydrogen-bond donors (Lipinski definition) is 0. The number of nitrogens with zero attached hydrogens (tertiary/aromatic N) is 2. The first kappa shape index (κ1) is 20.9. The van der Waals surface area contributed by atoms with E-state index in [-0.39, 0.29) is 11.1 Å². The summed E-state index contributed by atoms with van der Waals surface area (Å²) in [6.45, 7) is 15.2. The largest absolute Gasteiger partial charge is 0.595 e. The molecular formula is C18H29ClN2O2Si. The highest BCUT2D eigenvalue weighted by Gasteiger charge is 2.37. The highest BCUT2D eigenvalue weighted by molar-refractivity contribution is 6.74. The molecule has 1 aromatic rings. The maximum absolute atomic E-state index is 12.0. The second-order valence-electron chi connectivity index (χ2n) is 7.66. The van der Waals surface area contributed by atoms with Crippen LogP contribution in [0.1, 0.15) is 40.2 Å². The zero-order chi connectivity index (χ0) is 18.5. The molecule has 0 saturated heterocycles. The second-order valence-corrected chi connectivity index (χ2v) is 12.9. The van der Waals surface area contributed by atoms with Crippen LogP contribution in [0.4, 0.5) is 0 Å². The smallest absolute Gasteiger partial charge is 0.212 e. The summed E-state index contributed by atoms with van der Waals surface area (Å²) < 4.78 is 6.10. The Bertz CT molecular complexity index is 604. The number of hydroxylamine groups is 1. The van der Waals surface area contributed by atoms with Crippen LogP contribution in [0, 0.1) is 5.21 Å². The predicted molar refractivity (Wildman–Crippen MR) is 104 cm³/mol. The molecule has 0 amide bonds. The van der Waals surface area contributed by atoms with Crippen molar-refractivity contribution in [3.63, 3.8) is 0 Å². The zero-order valence-electron chi connectivity index (χ0n) is 15.8. The van der Waals surface area contributed by atoms with E-state index in [0.29, 0.717) is 16.5 Å². The molecule has 0 aromatic heterocycles. The Balaban J connectivity index is 2.71. The van der Waals surface area contributed by atoms with Crippen LogP contribution in [-0.4, -0.2) is 25.8 Å². The van der Waals surface area contributed by atoms with Crippen molar-refractivity contribution in [2.75, 3.05) is 6.61 Å². The number of allylic oxidation sites excluding steroid dienone is 1. The van der Waals surface area contributed by atoms with Crippen LogP contribution in [-0.2, 0) is 4.43 Å². The van der Waals surface area contributed by atoms with E-state index in [1.807, 2.05) is 26.0 Å². The van der Waals surface area contributed by atoms with Crippen molar-refractivity contribution in [3.8, 4) is 0 Å². The highest BCUT2D eigenvalue weighted by Crippen LogP contribution is 2.36. The molecule has 0 saturated carbocycles. The van der Waals surface area contributed by atoms with Crippen LogP contribution < -0.4 is 0 Å². The molecule has 0 N–H and O–H groups in total. The van der Waals surface area contributed by atoms with Gasteiger partial charge < -0.3 is 9.63 Å². The van der Waals surface area contributed by atoms with Crippen LogP contribution in [0.15, 0.2) is 35.6 Å². The Morgan fingerprint density at radius 2 is 1.88 bits per heavy atom. The van der Waals surface area contributed by atoms with Crippen molar-refractivity contribution in [1.82, 2.24) is 0 Å². The predicted octanol–water partition coefficient (Wildman–Crippen LogP) is 6.07. The monoisotopic (exact) mass is 368 g/mol. The van der Waals surface area contributed by atoms with E-state index in [0.717, 1.165) is 11.1 Å². The summed E-state index contributed by atoms with van der Waals surface area (Å²) in [7, 11) is -1.82. The van der Waals surface area contributed by atoms with E-state index >= 15 is 0 Å². The first-order chi connectivity index (χ1) is 10.9. The van der Waals surface area contributed by atoms with Crippen molar-refractivity contribution in [2.24, 2.45) is 5.11 Å². The summed E-state index contributed by atoms with van der Waals surface area (Å²) in [5, 5.41) is 17.0. The molecular weight excluding hydrogens is 340 g/mol. The summed E-state index contributed by atoms with van der Waals surface area (Å²) in [4.78, 5) is 0.629. The van der Waals surface area contributed by atoms with E-state index in [4.69, 9.17) is 16.0 Å². The molecule has 0 fully saturated rings. The fraction of sp³-hybridized carbons (Fsp3) is 0.556. The third-order valence-electron chi connectivity index (χ3n) is 4.41. The topological polar surface area (TPSA) is 47.7 Å². The fourth-order valence-corrected chi connectivity index (χ4v) is 2.98. The molecule has 1 unspecified atom stereocenters. The lowest BCUT2D eigenvalue weighted by Crippen LogP contribution is -2.42. The molecule has 0 bridgehead atoms. The molecule has 0 radical (unpaired) electrons. The molecule has 0 aliphatic rings.